The number of hydrogen-bond acceptors (Lipinski definition) is 5. The van der Waals surface area contributed by atoms with Crippen molar-refractivity contribution >= 4 is 23.3 Å². The third kappa shape index (κ3) is 7.75. The summed E-state index contributed by atoms with van der Waals surface area (Å²) in [4.78, 5) is 38.0. The number of nitrogens with zero attached hydrogens (tertiary/aromatic N) is 1. The molecule has 0 spiro atoms. The van der Waals surface area contributed by atoms with Crippen LogP contribution in [0, 0.1) is 0 Å². The number of anilines is 1. The van der Waals surface area contributed by atoms with Crippen molar-refractivity contribution < 1.29 is 19.1 Å². The van der Waals surface area contributed by atoms with Gasteiger partial charge in [-0.3, -0.25) is 19.3 Å². The Bertz CT molecular complexity index is 839. The number of carbonyl (C=O) groups is 3. The van der Waals surface area contributed by atoms with Gasteiger partial charge < -0.3 is 15.4 Å². The Hall–Kier alpha value is -3.19. The van der Waals surface area contributed by atoms with Crippen molar-refractivity contribution in [3.05, 3.63) is 60.2 Å². The van der Waals surface area contributed by atoms with Crippen LogP contribution in [0.3, 0.4) is 0 Å². The van der Waals surface area contributed by atoms with Crippen LogP contribution in [0.4, 0.5) is 5.69 Å². The van der Waals surface area contributed by atoms with E-state index < -0.39 is 6.04 Å². The predicted molar refractivity (Wildman–Crippen MR) is 112 cm³/mol. The Morgan fingerprint density at radius 3 is 2.34 bits per heavy atom. The van der Waals surface area contributed by atoms with Gasteiger partial charge >= 0.3 is 0 Å². The Kier molecular flexibility index (Phi) is 8.36. The number of hydrogen-bond donors (Lipinski definition) is 2. The minimum Gasteiger partial charge on any atom is -0.497 e. The van der Waals surface area contributed by atoms with E-state index in [9.17, 15) is 14.4 Å². The number of rotatable bonds is 10. The number of nitrogens with one attached hydrogen (secondary N) is 2. The summed E-state index contributed by atoms with van der Waals surface area (Å²) < 4.78 is 5.13. The first-order valence-electron chi connectivity index (χ1n) is 9.33. The number of ether oxygens (including phenoxy) is 1. The van der Waals surface area contributed by atoms with Crippen molar-refractivity contribution in [1.29, 1.82) is 0 Å². The number of likely N-dealkylation sites (N-methyl/N-ethyl adjacent to an activating group) is 1. The topological polar surface area (TPSA) is 87.7 Å². The Morgan fingerprint density at radius 2 is 1.69 bits per heavy atom. The van der Waals surface area contributed by atoms with E-state index in [1.54, 1.807) is 43.3 Å². The van der Waals surface area contributed by atoms with E-state index in [4.69, 9.17) is 4.74 Å². The van der Waals surface area contributed by atoms with E-state index in [0.29, 0.717) is 17.9 Å². The van der Waals surface area contributed by atoms with E-state index in [-0.39, 0.29) is 30.7 Å². The van der Waals surface area contributed by atoms with Crippen LogP contribution >= 0.6 is 0 Å². The third-order valence-corrected chi connectivity index (χ3v) is 4.29. The van der Waals surface area contributed by atoms with Gasteiger partial charge in [-0.25, -0.2) is 0 Å². The first-order valence-corrected chi connectivity index (χ1v) is 9.33. The zero-order valence-corrected chi connectivity index (χ0v) is 17.0. The molecule has 0 aliphatic carbocycles. The van der Waals surface area contributed by atoms with E-state index in [1.165, 1.54) is 6.92 Å². The van der Waals surface area contributed by atoms with E-state index in [0.717, 1.165) is 5.56 Å². The van der Waals surface area contributed by atoms with Gasteiger partial charge in [-0.15, -0.1) is 0 Å². The molecule has 7 heteroatoms. The maximum atomic E-state index is 12.3. The highest BCUT2D eigenvalue weighted by Crippen LogP contribution is 2.16. The highest BCUT2D eigenvalue weighted by molar-refractivity contribution is 5.93. The summed E-state index contributed by atoms with van der Waals surface area (Å²) >= 11 is 0. The van der Waals surface area contributed by atoms with Crippen LogP contribution < -0.4 is 15.4 Å². The van der Waals surface area contributed by atoms with Crippen LogP contribution in [0.2, 0.25) is 0 Å². The molecule has 2 amide bonds. The molecule has 0 heterocycles. The molecule has 0 saturated carbocycles. The fraction of sp³-hybridized carbons (Fsp3) is 0.318. The van der Waals surface area contributed by atoms with Crippen molar-refractivity contribution in [2.75, 3.05) is 32.6 Å². The summed E-state index contributed by atoms with van der Waals surface area (Å²) in [5.41, 5.74) is 1.59. The molecule has 2 N–H and O–H groups in total. The summed E-state index contributed by atoms with van der Waals surface area (Å²) in [6, 6.07) is 16.0. The highest BCUT2D eigenvalue weighted by atomic mass is 16.5. The van der Waals surface area contributed by atoms with Gasteiger partial charge in [0.15, 0.2) is 5.78 Å². The van der Waals surface area contributed by atoms with Crippen LogP contribution in [0.25, 0.3) is 0 Å². The lowest BCUT2D eigenvalue weighted by atomic mass is 10.0. The molecule has 0 fully saturated rings. The fourth-order valence-electron chi connectivity index (χ4n) is 2.83. The van der Waals surface area contributed by atoms with Gasteiger partial charge in [0, 0.05) is 11.8 Å². The molecule has 1 atom stereocenters. The van der Waals surface area contributed by atoms with Gasteiger partial charge in [0.25, 0.3) is 0 Å². The zero-order chi connectivity index (χ0) is 21.2. The molecule has 0 bridgehead atoms. The molecule has 154 valence electrons. The minimum atomic E-state index is -0.594. The molecule has 7 nitrogen and oxygen atoms in total. The van der Waals surface area contributed by atoms with Gasteiger partial charge in [0.1, 0.15) is 5.75 Å². The first-order chi connectivity index (χ1) is 13.9. The summed E-state index contributed by atoms with van der Waals surface area (Å²) in [5, 5.41) is 5.52. The van der Waals surface area contributed by atoms with Crippen molar-refractivity contribution in [3.63, 3.8) is 0 Å². The van der Waals surface area contributed by atoms with Gasteiger partial charge in [-0.05, 0) is 38.1 Å². The summed E-state index contributed by atoms with van der Waals surface area (Å²) in [7, 11) is 3.23. The fourth-order valence-corrected chi connectivity index (χ4v) is 2.83. The Morgan fingerprint density at radius 1 is 1.00 bits per heavy atom. The second-order valence-corrected chi connectivity index (χ2v) is 6.87. The summed E-state index contributed by atoms with van der Waals surface area (Å²) in [6.07, 6.45) is 0.432. The van der Waals surface area contributed by atoms with Gasteiger partial charge in [-0.1, -0.05) is 36.4 Å². The minimum absolute atomic E-state index is 0.00407. The largest absolute Gasteiger partial charge is 0.497 e. The Labute approximate surface area is 171 Å². The average Bonchev–Trinajstić information content (AvgIpc) is 2.68. The molecule has 0 saturated heterocycles. The molecule has 2 aromatic carbocycles. The maximum Gasteiger partial charge on any atom is 0.238 e. The smallest absolute Gasteiger partial charge is 0.238 e. The van der Waals surface area contributed by atoms with Gasteiger partial charge in [0.2, 0.25) is 11.8 Å². The van der Waals surface area contributed by atoms with E-state index in [1.807, 2.05) is 30.3 Å². The van der Waals surface area contributed by atoms with Crippen molar-refractivity contribution in [3.8, 4) is 5.75 Å². The van der Waals surface area contributed by atoms with Crippen molar-refractivity contribution in [1.82, 2.24) is 10.2 Å². The third-order valence-electron chi connectivity index (χ3n) is 4.29. The number of Topliss-reactive ketones (excluding diaryl/α,β-unsaturated/α-hetero) is 1. The molecule has 0 aromatic heterocycles. The lowest BCUT2D eigenvalue weighted by Crippen LogP contribution is -2.46. The number of amides is 2. The van der Waals surface area contributed by atoms with Crippen LogP contribution in [-0.4, -0.2) is 55.8 Å². The number of ketones is 1. The molecule has 0 aliphatic heterocycles. The van der Waals surface area contributed by atoms with Gasteiger partial charge in [-0.2, -0.15) is 0 Å². The summed E-state index contributed by atoms with van der Waals surface area (Å²) in [6.45, 7) is 1.50. The Balaban J connectivity index is 1.83. The zero-order valence-electron chi connectivity index (χ0n) is 17.0. The molecular formula is C22H27N3O4. The normalized spacial score (nSPS) is 11.6. The SMILES string of the molecule is COc1cccc(NC(=O)CN(C)CC(=O)N[C@H](Cc2ccccc2)C(C)=O)c1. The number of carbonyl (C=O) groups excluding carboxylic acids is 3. The van der Waals surface area contributed by atoms with Crippen LogP contribution in [-0.2, 0) is 20.8 Å². The monoisotopic (exact) mass is 397 g/mol. The molecule has 2 aromatic rings. The molecule has 29 heavy (non-hydrogen) atoms. The number of methoxy groups -OCH3 is 1. The maximum absolute atomic E-state index is 12.3. The highest BCUT2D eigenvalue weighted by Gasteiger charge is 2.19. The summed E-state index contributed by atoms with van der Waals surface area (Å²) in [5.74, 6) is -0.0244. The van der Waals surface area contributed by atoms with E-state index in [2.05, 4.69) is 10.6 Å². The second kappa shape index (κ2) is 11.0. The predicted octanol–water partition coefficient (Wildman–Crippen LogP) is 1.88. The van der Waals surface area contributed by atoms with Crippen molar-refractivity contribution in [2.24, 2.45) is 0 Å². The quantitative estimate of drug-likeness (QED) is 0.639. The molecule has 0 unspecified atom stereocenters. The molecule has 0 radical (unpaired) electrons. The molecule has 0 aliphatic rings. The van der Waals surface area contributed by atoms with Gasteiger partial charge in [0.05, 0.1) is 26.2 Å². The average molecular weight is 397 g/mol. The van der Waals surface area contributed by atoms with Crippen LogP contribution in [0.1, 0.15) is 12.5 Å². The molecular weight excluding hydrogens is 370 g/mol. The standard InChI is InChI=1S/C22H27N3O4/c1-16(26)20(12-17-8-5-4-6-9-17)24-22(28)15-25(2)14-21(27)23-18-10-7-11-19(13-18)29-3/h4-11,13,20H,12,14-15H2,1-3H3,(H,23,27)(H,24,28)/t20-/m1/s1. The van der Waals surface area contributed by atoms with Crippen LogP contribution in [0.15, 0.2) is 54.6 Å². The lowest BCUT2D eigenvalue weighted by Gasteiger charge is -2.20. The molecule has 2 rings (SSSR count). The lowest BCUT2D eigenvalue weighted by molar-refractivity contribution is -0.128. The second-order valence-electron chi connectivity index (χ2n) is 6.87. The van der Waals surface area contributed by atoms with Crippen LogP contribution in [0.5, 0.6) is 5.75 Å². The van der Waals surface area contributed by atoms with Crippen molar-refractivity contribution in [2.45, 2.75) is 19.4 Å². The number of benzene rings is 2. The first kappa shape index (κ1) is 22.1. The van der Waals surface area contributed by atoms with E-state index >= 15 is 0 Å².